The van der Waals surface area contributed by atoms with Crippen LogP contribution in [0.4, 0.5) is 0 Å². The van der Waals surface area contributed by atoms with E-state index in [1.54, 1.807) is 0 Å². The second-order valence-electron chi connectivity index (χ2n) is 4.69. The largest absolute Gasteiger partial charge is 0.354 e. The number of nitrogens with zero attached hydrogens (tertiary/aromatic N) is 2. The predicted octanol–water partition coefficient (Wildman–Crippen LogP) is 1.78. The monoisotopic (exact) mass is 237 g/mol. The van der Waals surface area contributed by atoms with Gasteiger partial charge in [-0.2, -0.15) is 5.10 Å². The Bertz CT molecular complexity index is 369. The van der Waals surface area contributed by atoms with Crippen LogP contribution in [0.3, 0.4) is 0 Å². The highest BCUT2D eigenvalue weighted by atomic mass is 16.2. The Labute approximate surface area is 103 Å². The second-order valence-corrected chi connectivity index (χ2v) is 4.69. The number of hydrogen-bond acceptors (Lipinski definition) is 2. The summed E-state index contributed by atoms with van der Waals surface area (Å²) in [6.07, 6.45) is 1.82. The molecule has 1 N–H and O–H groups in total. The van der Waals surface area contributed by atoms with Gasteiger partial charge in [-0.05, 0) is 24.8 Å². The third-order valence-corrected chi connectivity index (χ3v) is 2.64. The number of carbonyl (C=O) groups excluding carboxylic acids is 1. The summed E-state index contributed by atoms with van der Waals surface area (Å²) >= 11 is 0. The maximum absolute atomic E-state index is 11.7. The summed E-state index contributed by atoms with van der Waals surface area (Å²) < 4.78 is 1.81. The fourth-order valence-electron chi connectivity index (χ4n) is 1.62. The van der Waals surface area contributed by atoms with E-state index in [1.807, 2.05) is 4.68 Å². The lowest BCUT2D eigenvalue weighted by molar-refractivity contribution is -0.122. The van der Waals surface area contributed by atoms with Gasteiger partial charge in [-0.15, -0.1) is 0 Å². The zero-order valence-electron chi connectivity index (χ0n) is 11.3. The Hall–Kier alpha value is -1.32. The van der Waals surface area contributed by atoms with E-state index in [9.17, 15) is 4.79 Å². The first-order valence-electron chi connectivity index (χ1n) is 6.39. The van der Waals surface area contributed by atoms with Crippen molar-refractivity contribution in [3.63, 3.8) is 0 Å². The Morgan fingerprint density at radius 3 is 2.65 bits per heavy atom. The minimum atomic E-state index is 0.0409. The summed E-state index contributed by atoms with van der Waals surface area (Å²) in [4.78, 5) is 11.7. The summed E-state index contributed by atoms with van der Waals surface area (Å²) in [5.41, 5.74) is 2.18. The Kier molecular flexibility index (Phi) is 5.19. The van der Waals surface area contributed by atoms with Crippen LogP contribution in [0, 0.1) is 5.92 Å². The molecule has 17 heavy (non-hydrogen) atoms. The number of aryl methyl sites for hydroxylation is 2. The number of rotatable bonds is 6. The molecule has 1 rings (SSSR count). The molecule has 96 valence electrons. The van der Waals surface area contributed by atoms with E-state index < -0.39 is 0 Å². The van der Waals surface area contributed by atoms with Crippen LogP contribution in [0.2, 0.25) is 0 Å². The first-order valence-corrected chi connectivity index (χ1v) is 6.39. The molecule has 0 aliphatic rings. The normalized spacial score (nSPS) is 10.9. The van der Waals surface area contributed by atoms with E-state index in [0.717, 1.165) is 30.8 Å². The second kappa shape index (κ2) is 6.42. The fraction of sp³-hybridized carbons (Fsp3) is 0.692. The molecule has 4 nitrogen and oxygen atoms in total. The highest BCUT2D eigenvalue weighted by Crippen LogP contribution is 2.06. The van der Waals surface area contributed by atoms with Crippen molar-refractivity contribution in [2.45, 2.75) is 47.1 Å². The van der Waals surface area contributed by atoms with E-state index >= 15 is 0 Å². The van der Waals surface area contributed by atoms with Crippen molar-refractivity contribution in [3.05, 3.63) is 17.5 Å². The molecule has 1 aromatic heterocycles. The van der Waals surface area contributed by atoms with Gasteiger partial charge in [0.1, 0.15) is 6.54 Å². The molecule has 0 atom stereocenters. The van der Waals surface area contributed by atoms with Crippen LogP contribution in [-0.4, -0.2) is 22.2 Å². The Morgan fingerprint density at radius 2 is 2.12 bits per heavy atom. The van der Waals surface area contributed by atoms with E-state index in [-0.39, 0.29) is 5.91 Å². The SMILES string of the molecule is CCc1cc(CC)n(CC(=O)NCC(C)C)n1. The van der Waals surface area contributed by atoms with E-state index in [0.29, 0.717) is 12.5 Å². The van der Waals surface area contributed by atoms with Gasteiger partial charge in [0.05, 0.1) is 5.69 Å². The third kappa shape index (κ3) is 4.21. The molecule has 0 saturated carbocycles. The van der Waals surface area contributed by atoms with Crippen LogP contribution in [0.25, 0.3) is 0 Å². The molecule has 4 heteroatoms. The van der Waals surface area contributed by atoms with Crippen molar-refractivity contribution < 1.29 is 4.79 Å². The summed E-state index contributed by atoms with van der Waals surface area (Å²) in [6.45, 7) is 9.38. The van der Waals surface area contributed by atoms with E-state index in [2.05, 4.69) is 44.2 Å². The standard InChI is InChI=1S/C13H23N3O/c1-5-11-7-12(6-2)16(15-11)9-13(17)14-8-10(3)4/h7,10H,5-6,8-9H2,1-4H3,(H,14,17). The molecule has 0 aromatic carbocycles. The van der Waals surface area contributed by atoms with E-state index in [1.165, 1.54) is 0 Å². The van der Waals surface area contributed by atoms with Gasteiger partial charge in [-0.25, -0.2) is 0 Å². The molecule has 0 fully saturated rings. The van der Waals surface area contributed by atoms with Gasteiger partial charge in [0.15, 0.2) is 0 Å². The molecule has 0 spiro atoms. The fourth-order valence-corrected chi connectivity index (χ4v) is 1.62. The Balaban J connectivity index is 2.60. The summed E-state index contributed by atoms with van der Waals surface area (Å²) in [7, 11) is 0. The minimum Gasteiger partial charge on any atom is -0.354 e. The van der Waals surface area contributed by atoms with Crippen molar-refractivity contribution in [2.75, 3.05) is 6.54 Å². The average Bonchev–Trinajstić information content (AvgIpc) is 2.68. The quantitative estimate of drug-likeness (QED) is 0.820. The molecule has 0 unspecified atom stereocenters. The van der Waals surface area contributed by atoms with Crippen LogP contribution >= 0.6 is 0 Å². The molecule has 1 aromatic rings. The van der Waals surface area contributed by atoms with Gasteiger partial charge < -0.3 is 5.32 Å². The van der Waals surface area contributed by atoms with Crippen molar-refractivity contribution in [1.82, 2.24) is 15.1 Å². The smallest absolute Gasteiger partial charge is 0.241 e. The van der Waals surface area contributed by atoms with E-state index in [4.69, 9.17) is 0 Å². The molecule has 0 radical (unpaired) electrons. The molecule has 0 aliphatic carbocycles. The maximum Gasteiger partial charge on any atom is 0.241 e. The van der Waals surface area contributed by atoms with Crippen molar-refractivity contribution in [3.8, 4) is 0 Å². The zero-order chi connectivity index (χ0) is 12.8. The van der Waals surface area contributed by atoms with Gasteiger partial charge in [0.25, 0.3) is 0 Å². The van der Waals surface area contributed by atoms with Crippen LogP contribution in [-0.2, 0) is 24.2 Å². The van der Waals surface area contributed by atoms with Gasteiger partial charge in [-0.1, -0.05) is 27.7 Å². The summed E-state index contributed by atoms with van der Waals surface area (Å²) in [6, 6.07) is 2.08. The minimum absolute atomic E-state index is 0.0409. The van der Waals surface area contributed by atoms with Gasteiger partial charge >= 0.3 is 0 Å². The predicted molar refractivity (Wildman–Crippen MR) is 68.8 cm³/mol. The van der Waals surface area contributed by atoms with Gasteiger partial charge in [0.2, 0.25) is 5.91 Å². The molecule has 0 bridgehead atoms. The zero-order valence-corrected chi connectivity index (χ0v) is 11.3. The topological polar surface area (TPSA) is 46.9 Å². The van der Waals surface area contributed by atoms with Crippen LogP contribution in [0.5, 0.6) is 0 Å². The number of aromatic nitrogens is 2. The highest BCUT2D eigenvalue weighted by Gasteiger charge is 2.09. The van der Waals surface area contributed by atoms with Crippen molar-refractivity contribution in [1.29, 1.82) is 0 Å². The lowest BCUT2D eigenvalue weighted by Crippen LogP contribution is -2.31. The number of carbonyl (C=O) groups is 1. The van der Waals surface area contributed by atoms with Crippen LogP contribution in [0.1, 0.15) is 39.1 Å². The number of nitrogens with one attached hydrogen (secondary N) is 1. The molecule has 0 saturated heterocycles. The van der Waals surface area contributed by atoms with Crippen molar-refractivity contribution in [2.24, 2.45) is 5.92 Å². The van der Waals surface area contributed by atoms with Gasteiger partial charge in [0, 0.05) is 12.2 Å². The third-order valence-electron chi connectivity index (χ3n) is 2.64. The average molecular weight is 237 g/mol. The first-order chi connectivity index (χ1) is 8.06. The van der Waals surface area contributed by atoms with Crippen molar-refractivity contribution >= 4 is 5.91 Å². The lowest BCUT2D eigenvalue weighted by atomic mass is 10.2. The van der Waals surface area contributed by atoms with Gasteiger partial charge in [-0.3, -0.25) is 9.48 Å². The lowest BCUT2D eigenvalue weighted by Gasteiger charge is -2.09. The summed E-state index contributed by atoms with van der Waals surface area (Å²) in [5.74, 6) is 0.521. The Morgan fingerprint density at radius 1 is 1.41 bits per heavy atom. The highest BCUT2D eigenvalue weighted by molar-refractivity contribution is 5.75. The maximum atomic E-state index is 11.7. The van der Waals surface area contributed by atoms with Crippen LogP contribution in [0.15, 0.2) is 6.07 Å². The number of hydrogen-bond donors (Lipinski definition) is 1. The molecule has 0 aliphatic heterocycles. The molecular formula is C13H23N3O. The molecular weight excluding hydrogens is 214 g/mol. The summed E-state index contributed by atoms with van der Waals surface area (Å²) in [5, 5.41) is 7.33. The molecule has 1 heterocycles. The van der Waals surface area contributed by atoms with Crippen LogP contribution < -0.4 is 5.32 Å². The number of amides is 1. The first kappa shape index (κ1) is 13.7. The molecule has 1 amide bonds.